The molecule has 0 radical (unpaired) electrons. The molecular formula is C25H32F3N5OS. The average Bonchev–Trinajstić information content (AvgIpc) is 3.44. The largest absolute Gasteiger partial charge is 0.389 e. The first kappa shape index (κ1) is 25.8. The van der Waals surface area contributed by atoms with Gasteiger partial charge in [0.05, 0.1) is 16.9 Å². The molecule has 0 aromatic carbocycles. The predicted molar refractivity (Wildman–Crippen MR) is 131 cm³/mol. The van der Waals surface area contributed by atoms with E-state index in [-0.39, 0.29) is 12.3 Å². The van der Waals surface area contributed by atoms with Gasteiger partial charge in [-0.3, -0.25) is 14.4 Å². The summed E-state index contributed by atoms with van der Waals surface area (Å²) in [6.07, 6.45) is 9.98. The van der Waals surface area contributed by atoms with Crippen LogP contribution in [0, 0.1) is 11.8 Å². The second-order valence-corrected chi connectivity index (χ2v) is 10.8. The molecule has 6 nitrogen and oxygen atoms in total. The van der Waals surface area contributed by atoms with Gasteiger partial charge in [0.2, 0.25) is 0 Å². The topological polar surface area (TPSA) is 63.4 Å². The third kappa shape index (κ3) is 8.10. The minimum Gasteiger partial charge on any atom is -0.297 e. The van der Waals surface area contributed by atoms with Crippen molar-refractivity contribution in [2.45, 2.75) is 64.1 Å². The number of hydrogen-bond donors (Lipinski definition) is 0. The standard InChI is InChI=1S/C25H32F3N5OS/c1-32-16-20(15-30-32)6-7-23(34)29-14-19-4-2-18(3-5-19)9-12-33-13-10-22-21(17-33)31-24(35-22)8-11-25(26,27)28/h6-7,14-16,18-19H,2-5,8-13,17H2,1H3/b7-6+,29-14?. The summed E-state index contributed by atoms with van der Waals surface area (Å²) in [4.78, 5) is 24.2. The van der Waals surface area contributed by atoms with E-state index >= 15 is 0 Å². The number of hydrogen-bond acceptors (Lipinski definition) is 5. The summed E-state index contributed by atoms with van der Waals surface area (Å²) < 4.78 is 39.2. The maximum absolute atomic E-state index is 12.5. The van der Waals surface area contributed by atoms with Crippen molar-refractivity contribution in [3.8, 4) is 0 Å². The molecule has 190 valence electrons. The number of amides is 1. The van der Waals surface area contributed by atoms with Crippen LogP contribution in [-0.4, -0.2) is 51.1 Å². The van der Waals surface area contributed by atoms with Gasteiger partial charge in [0.25, 0.3) is 5.91 Å². The third-order valence-corrected chi connectivity index (χ3v) is 7.99. The minimum absolute atomic E-state index is 0.0138. The van der Waals surface area contributed by atoms with Crippen LogP contribution in [0.15, 0.2) is 23.5 Å². The molecule has 2 aliphatic rings. The highest BCUT2D eigenvalue weighted by Gasteiger charge is 2.28. The molecule has 1 fully saturated rings. The second-order valence-electron chi connectivity index (χ2n) is 9.59. The van der Waals surface area contributed by atoms with Crippen LogP contribution in [0.5, 0.6) is 0 Å². The van der Waals surface area contributed by atoms with Crippen molar-refractivity contribution in [3.05, 3.63) is 39.6 Å². The molecule has 1 aliphatic carbocycles. The number of thiazole rings is 1. The van der Waals surface area contributed by atoms with Gasteiger partial charge < -0.3 is 0 Å². The lowest BCUT2D eigenvalue weighted by atomic mass is 9.81. The molecule has 3 heterocycles. The highest BCUT2D eigenvalue weighted by Crippen LogP contribution is 2.32. The van der Waals surface area contributed by atoms with Gasteiger partial charge in [-0.2, -0.15) is 18.3 Å². The van der Waals surface area contributed by atoms with E-state index in [0.717, 1.165) is 74.3 Å². The lowest BCUT2D eigenvalue weighted by Crippen LogP contribution is -2.32. The average molecular weight is 508 g/mol. The molecule has 0 unspecified atom stereocenters. The Labute approximate surface area is 208 Å². The summed E-state index contributed by atoms with van der Waals surface area (Å²) in [5.41, 5.74) is 1.85. The summed E-state index contributed by atoms with van der Waals surface area (Å²) >= 11 is 1.45. The van der Waals surface area contributed by atoms with Crippen molar-refractivity contribution in [2.75, 3.05) is 13.1 Å². The van der Waals surface area contributed by atoms with Crippen LogP contribution < -0.4 is 0 Å². The lowest BCUT2D eigenvalue weighted by molar-refractivity contribution is -0.134. The van der Waals surface area contributed by atoms with Crippen molar-refractivity contribution in [1.82, 2.24) is 19.7 Å². The van der Waals surface area contributed by atoms with E-state index in [1.54, 1.807) is 17.0 Å². The number of carbonyl (C=O) groups excluding carboxylic acids is 1. The van der Waals surface area contributed by atoms with Crippen LogP contribution >= 0.6 is 11.3 Å². The SMILES string of the molecule is Cn1cc(/C=C/C(=O)N=CC2CCC(CCN3CCc4sc(CCC(F)(F)F)nc4C3)CC2)cn1. The summed E-state index contributed by atoms with van der Waals surface area (Å²) in [6.45, 7) is 2.69. The molecule has 0 saturated heterocycles. The monoisotopic (exact) mass is 507 g/mol. The molecule has 2 aromatic rings. The molecular weight excluding hydrogens is 475 g/mol. The van der Waals surface area contributed by atoms with Gasteiger partial charge in [0.15, 0.2) is 0 Å². The van der Waals surface area contributed by atoms with Crippen molar-refractivity contribution >= 4 is 29.5 Å². The lowest BCUT2D eigenvalue weighted by Gasteiger charge is -2.30. The quantitative estimate of drug-likeness (QED) is 0.362. The van der Waals surface area contributed by atoms with Gasteiger partial charge in [-0.15, -0.1) is 11.3 Å². The predicted octanol–water partition coefficient (Wildman–Crippen LogP) is 5.24. The van der Waals surface area contributed by atoms with Crippen LogP contribution in [0.25, 0.3) is 6.08 Å². The number of carbonyl (C=O) groups is 1. The summed E-state index contributed by atoms with van der Waals surface area (Å²) in [7, 11) is 1.83. The smallest absolute Gasteiger partial charge is 0.297 e. The van der Waals surface area contributed by atoms with Crippen LogP contribution in [0.2, 0.25) is 0 Å². The molecule has 1 saturated carbocycles. The Bertz CT molecular complexity index is 1050. The van der Waals surface area contributed by atoms with E-state index in [9.17, 15) is 18.0 Å². The fourth-order valence-electron chi connectivity index (χ4n) is 4.76. The maximum atomic E-state index is 12.5. The van der Waals surface area contributed by atoms with Crippen LogP contribution in [0.3, 0.4) is 0 Å². The van der Waals surface area contributed by atoms with Crippen LogP contribution in [0.1, 0.15) is 59.7 Å². The Balaban J connectivity index is 1.15. The number of rotatable bonds is 8. The van der Waals surface area contributed by atoms with Crippen molar-refractivity contribution < 1.29 is 18.0 Å². The Hall–Kier alpha value is -2.33. The van der Waals surface area contributed by atoms with Gasteiger partial charge >= 0.3 is 6.18 Å². The number of fused-ring (bicyclic) bond motifs is 1. The first-order valence-corrected chi connectivity index (χ1v) is 13.1. The molecule has 0 N–H and O–H groups in total. The number of halogens is 3. The van der Waals surface area contributed by atoms with Crippen LogP contribution in [-0.2, 0) is 31.2 Å². The fraction of sp³-hybridized carbons (Fsp3) is 0.600. The Morgan fingerprint density at radius 3 is 2.80 bits per heavy atom. The highest BCUT2D eigenvalue weighted by molar-refractivity contribution is 7.11. The zero-order valence-corrected chi connectivity index (χ0v) is 20.8. The zero-order chi connectivity index (χ0) is 24.8. The Morgan fingerprint density at radius 2 is 2.09 bits per heavy atom. The van der Waals surface area contributed by atoms with Gasteiger partial charge in [0, 0.05) is 61.9 Å². The van der Waals surface area contributed by atoms with E-state index in [4.69, 9.17) is 0 Å². The normalized spacial score (nSPS) is 21.7. The minimum atomic E-state index is -4.13. The molecule has 0 atom stereocenters. The zero-order valence-electron chi connectivity index (χ0n) is 20.0. The van der Waals surface area contributed by atoms with E-state index < -0.39 is 12.6 Å². The number of nitrogens with zero attached hydrogens (tertiary/aromatic N) is 5. The molecule has 0 bridgehead atoms. The Morgan fingerprint density at radius 1 is 1.29 bits per heavy atom. The van der Waals surface area contributed by atoms with Crippen LogP contribution in [0.4, 0.5) is 13.2 Å². The fourth-order valence-corrected chi connectivity index (χ4v) is 5.83. The van der Waals surface area contributed by atoms with E-state index in [1.165, 1.54) is 17.4 Å². The number of aryl methyl sites for hydroxylation is 2. The van der Waals surface area contributed by atoms with Crippen molar-refractivity contribution in [1.29, 1.82) is 0 Å². The summed E-state index contributed by atoms with van der Waals surface area (Å²) in [6, 6.07) is 0. The first-order valence-electron chi connectivity index (χ1n) is 12.2. The van der Waals surface area contributed by atoms with Gasteiger partial charge in [-0.1, -0.05) is 0 Å². The van der Waals surface area contributed by atoms with Gasteiger partial charge in [-0.05, 0) is 63.0 Å². The molecule has 35 heavy (non-hydrogen) atoms. The molecule has 1 amide bonds. The van der Waals surface area contributed by atoms with Gasteiger partial charge in [-0.25, -0.2) is 9.98 Å². The first-order chi connectivity index (χ1) is 16.7. The molecule has 0 spiro atoms. The van der Waals surface area contributed by atoms with Crippen molar-refractivity contribution in [2.24, 2.45) is 23.9 Å². The molecule has 10 heteroatoms. The number of aromatic nitrogens is 3. The van der Waals surface area contributed by atoms with Gasteiger partial charge in [0.1, 0.15) is 0 Å². The number of aliphatic imine (C=N–C) groups is 1. The summed E-state index contributed by atoms with van der Waals surface area (Å²) in [5.74, 6) is 0.772. The summed E-state index contributed by atoms with van der Waals surface area (Å²) in [5, 5.41) is 4.68. The van der Waals surface area contributed by atoms with Crippen molar-refractivity contribution in [3.63, 3.8) is 0 Å². The molecule has 2 aromatic heterocycles. The van der Waals surface area contributed by atoms with E-state index in [0.29, 0.717) is 16.8 Å². The van der Waals surface area contributed by atoms with E-state index in [2.05, 4.69) is 20.0 Å². The molecule has 1 aliphatic heterocycles. The maximum Gasteiger partial charge on any atom is 0.389 e. The highest BCUT2D eigenvalue weighted by atomic mass is 32.1. The second kappa shape index (κ2) is 11.6. The Kier molecular flexibility index (Phi) is 8.54. The molecule has 4 rings (SSSR count). The third-order valence-electron chi connectivity index (χ3n) is 6.77. The van der Waals surface area contributed by atoms with E-state index in [1.807, 2.05) is 19.5 Å². The number of alkyl halides is 3.